The first-order chi connectivity index (χ1) is 12.6. The van der Waals surface area contributed by atoms with Crippen LogP contribution in [-0.2, 0) is 6.61 Å². The first kappa shape index (κ1) is 18.6. The molecule has 26 heavy (non-hydrogen) atoms. The average Bonchev–Trinajstić information content (AvgIpc) is 2.68. The molecule has 138 valence electrons. The Bertz CT molecular complexity index is 745. The molecule has 1 saturated heterocycles. The van der Waals surface area contributed by atoms with Gasteiger partial charge in [0, 0.05) is 37.8 Å². The molecule has 5 nitrogen and oxygen atoms in total. The van der Waals surface area contributed by atoms with E-state index in [0.29, 0.717) is 18.2 Å². The van der Waals surface area contributed by atoms with Crippen LogP contribution in [0.1, 0.15) is 15.9 Å². The number of carbonyl (C=O) groups is 1. The molecule has 1 aliphatic heterocycles. The van der Waals surface area contributed by atoms with Gasteiger partial charge < -0.3 is 15.3 Å². The van der Waals surface area contributed by atoms with Crippen molar-refractivity contribution < 1.29 is 9.90 Å². The molecule has 0 bridgehead atoms. The number of aliphatic hydroxyl groups is 1. The lowest BCUT2D eigenvalue weighted by atomic mass is 9.99. The zero-order valence-corrected chi connectivity index (χ0v) is 15.5. The number of hydrogen-bond acceptors (Lipinski definition) is 4. The van der Waals surface area contributed by atoms with Crippen molar-refractivity contribution in [1.82, 2.24) is 15.1 Å². The highest BCUT2D eigenvalue weighted by Crippen LogP contribution is 2.24. The largest absolute Gasteiger partial charge is 0.392 e. The molecule has 2 aromatic carbocycles. The van der Waals surface area contributed by atoms with Crippen molar-refractivity contribution in [2.75, 3.05) is 40.3 Å². The van der Waals surface area contributed by atoms with Crippen molar-refractivity contribution in [3.05, 3.63) is 59.7 Å². The number of amides is 1. The second-order valence-electron chi connectivity index (χ2n) is 7.00. The van der Waals surface area contributed by atoms with Gasteiger partial charge in [0.05, 0.1) is 6.61 Å². The van der Waals surface area contributed by atoms with Crippen LogP contribution in [0.15, 0.2) is 48.5 Å². The summed E-state index contributed by atoms with van der Waals surface area (Å²) < 4.78 is 0. The first-order valence-corrected chi connectivity index (χ1v) is 9.04. The molecule has 5 heteroatoms. The van der Waals surface area contributed by atoms with E-state index in [9.17, 15) is 9.90 Å². The summed E-state index contributed by atoms with van der Waals surface area (Å²) in [5.41, 5.74) is 3.53. The molecule has 0 saturated carbocycles. The van der Waals surface area contributed by atoms with Crippen molar-refractivity contribution in [3.8, 4) is 11.1 Å². The predicted octanol–water partition coefficient (Wildman–Crippen LogP) is 1.82. The summed E-state index contributed by atoms with van der Waals surface area (Å²) in [5, 5.41) is 12.5. The lowest BCUT2D eigenvalue weighted by Crippen LogP contribution is -2.54. The zero-order chi connectivity index (χ0) is 18.5. The van der Waals surface area contributed by atoms with Gasteiger partial charge in [-0.1, -0.05) is 36.4 Å². The Labute approximate surface area is 155 Å². The molecule has 0 aliphatic carbocycles. The zero-order valence-electron chi connectivity index (χ0n) is 15.5. The highest BCUT2D eigenvalue weighted by atomic mass is 16.3. The highest BCUT2D eigenvalue weighted by molar-refractivity contribution is 5.94. The number of benzene rings is 2. The van der Waals surface area contributed by atoms with Crippen LogP contribution in [0.5, 0.6) is 0 Å². The van der Waals surface area contributed by atoms with Gasteiger partial charge in [-0.05, 0) is 42.9 Å². The van der Waals surface area contributed by atoms with Crippen LogP contribution < -0.4 is 5.32 Å². The smallest absolute Gasteiger partial charge is 0.251 e. The third kappa shape index (κ3) is 4.30. The SMILES string of the molecule is CN1CCN(C)[C@@H](CNC(=O)c2ccc(-c3ccccc3CO)cc2)C1. The third-order valence-electron chi connectivity index (χ3n) is 5.12. The normalized spacial score (nSPS) is 18.7. The molecule has 1 atom stereocenters. The number of aliphatic hydroxyl groups excluding tert-OH is 1. The Morgan fingerprint density at radius 1 is 1.12 bits per heavy atom. The van der Waals surface area contributed by atoms with Gasteiger partial charge >= 0.3 is 0 Å². The molecule has 1 amide bonds. The first-order valence-electron chi connectivity index (χ1n) is 9.04. The fourth-order valence-electron chi connectivity index (χ4n) is 3.38. The minimum absolute atomic E-state index is 0.00175. The molecule has 2 aromatic rings. The van der Waals surface area contributed by atoms with Gasteiger partial charge in [-0.25, -0.2) is 0 Å². The lowest BCUT2D eigenvalue weighted by molar-refractivity contribution is 0.0881. The maximum atomic E-state index is 12.5. The summed E-state index contributed by atoms with van der Waals surface area (Å²) in [6.45, 7) is 3.71. The maximum absolute atomic E-state index is 12.5. The maximum Gasteiger partial charge on any atom is 0.251 e. The molecule has 0 unspecified atom stereocenters. The number of hydrogen-bond donors (Lipinski definition) is 2. The minimum Gasteiger partial charge on any atom is -0.392 e. The van der Waals surface area contributed by atoms with E-state index >= 15 is 0 Å². The third-order valence-corrected chi connectivity index (χ3v) is 5.12. The van der Waals surface area contributed by atoms with Gasteiger partial charge in [-0.2, -0.15) is 0 Å². The van der Waals surface area contributed by atoms with Gasteiger partial charge in [-0.3, -0.25) is 9.69 Å². The van der Waals surface area contributed by atoms with Crippen molar-refractivity contribution in [1.29, 1.82) is 0 Å². The fourth-order valence-corrected chi connectivity index (χ4v) is 3.38. The van der Waals surface area contributed by atoms with Gasteiger partial charge in [0.15, 0.2) is 0 Å². The molecule has 1 fully saturated rings. The van der Waals surface area contributed by atoms with Crippen LogP contribution in [0.4, 0.5) is 0 Å². The van der Waals surface area contributed by atoms with Crippen molar-refractivity contribution >= 4 is 5.91 Å². The van der Waals surface area contributed by atoms with Crippen LogP contribution in [0, 0.1) is 0 Å². The molecule has 2 N–H and O–H groups in total. The van der Waals surface area contributed by atoms with Gasteiger partial charge in [0.1, 0.15) is 0 Å². The molecular formula is C21H27N3O2. The average molecular weight is 353 g/mol. The van der Waals surface area contributed by atoms with Crippen molar-refractivity contribution in [2.45, 2.75) is 12.6 Å². The molecule has 1 heterocycles. The Balaban J connectivity index is 1.64. The molecule has 1 aliphatic rings. The van der Waals surface area contributed by atoms with E-state index in [1.165, 1.54) is 0 Å². The number of nitrogens with zero attached hydrogens (tertiary/aromatic N) is 2. The van der Waals surface area contributed by atoms with Gasteiger partial charge in [0.25, 0.3) is 5.91 Å². The van der Waals surface area contributed by atoms with E-state index in [1.807, 2.05) is 48.5 Å². The van der Waals surface area contributed by atoms with E-state index in [0.717, 1.165) is 36.3 Å². The second-order valence-corrected chi connectivity index (χ2v) is 7.00. The molecular weight excluding hydrogens is 326 g/mol. The number of piperazine rings is 1. The molecule has 0 radical (unpaired) electrons. The number of carbonyl (C=O) groups excluding carboxylic acids is 1. The van der Waals surface area contributed by atoms with E-state index in [-0.39, 0.29) is 12.5 Å². The van der Waals surface area contributed by atoms with E-state index in [2.05, 4.69) is 29.2 Å². The summed E-state index contributed by atoms with van der Waals surface area (Å²) >= 11 is 0. The van der Waals surface area contributed by atoms with Crippen molar-refractivity contribution in [2.24, 2.45) is 0 Å². The number of nitrogens with one attached hydrogen (secondary N) is 1. The topological polar surface area (TPSA) is 55.8 Å². The Morgan fingerprint density at radius 2 is 1.85 bits per heavy atom. The Hall–Kier alpha value is -2.21. The summed E-state index contributed by atoms with van der Waals surface area (Å²) in [4.78, 5) is 17.1. The number of likely N-dealkylation sites (N-methyl/N-ethyl adjacent to an activating group) is 2. The molecule has 0 spiro atoms. The summed E-state index contributed by atoms with van der Waals surface area (Å²) in [6.07, 6.45) is 0. The molecule has 0 aromatic heterocycles. The highest BCUT2D eigenvalue weighted by Gasteiger charge is 2.22. The lowest BCUT2D eigenvalue weighted by Gasteiger charge is -2.37. The van der Waals surface area contributed by atoms with Crippen LogP contribution in [0.2, 0.25) is 0 Å². The predicted molar refractivity (Wildman–Crippen MR) is 104 cm³/mol. The Morgan fingerprint density at radius 3 is 2.58 bits per heavy atom. The summed E-state index contributed by atoms with van der Waals surface area (Å²) in [7, 11) is 4.22. The quantitative estimate of drug-likeness (QED) is 0.861. The van der Waals surface area contributed by atoms with Crippen LogP contribution in [0.25, 0.3) is 11.1 Å². The second kappa shape index (κ2) is 8.45. The van der Waals surface area contributed by atoms with Crippen LogP contribution in [-0.4, -0.2) is 67.1 Å². The monoisotopic (exact) mass is 353 g/mol. The standard InChI is InChI=1S/C21H27N3O2/c1-23-11-12-24(2)19(14-23)13-22-21(26)17-9-7-16(8-10-17)20-6-4-3-5-18(20)15-25/h3-10,19,25H,11-15H2,1-2H3,(H,22,26)/t19-/m0/s1. The van der Waals surface area contributed by atoms with Crippen LogP contribution in [0.3, 0.4) is 0 Å². The summed E-state index contributed by atoms with van der Waals surface area (Å²) in [6, 6.07) is 15.7. The fraction of sp³-hybridized carbons (Fsp3) is 0.381. The van der Waals surface area contributed by atoms with Crippen LogP contribution >= 0.6 is 0 Å². The van der Waals surface area contributed by atoms with Crippen molar-refractivity contribution in [3.63, 3.8) is 0 Å². The number of rotatable bonds is 5. The Kier molecular flexibility index (Phi) is 6.04. The van der Waals surface area contributed by atoms with E-state index in [1.54, 1.807) is 0 Å². The molecule has 3 rings (SSSR count). The van der Waals surface area contributed by atoms with Gasteiger partial charge in [-0.15, -0.1) is 0 Å². The van der Waals surface area contributed by atoms with E-state index in [4.69, 9.17) is 0 Å². The van der Waals surface area contributed by atoms with E-state index < -0.39 is 0 Å². The summed E-state index contributed by atoms with van der Waals surface area (Å²) in [5.74, 6) is -0.0476. The van der Waals surface area contributed by atoms with Gasteiger partial charge in [0.2, 0.25) is 0 Å². The minimum atomic E-state index is -0.0476.